The molecule has 3 rings (SSSR count). The number of sulfonamides is 1. The number of benzene rings is 2. The lowest BCUT2D eigenvalue weighted by atomic mass is 10.2. The average Bonchev–Trinajstić information content (AvgIpc) is 2.75. The summed E-state index contributed by atoms with van der Waals surface area (Å²) in [5, 5.41) is 4.08. The number of para-hydroxylation sites is 1. The van der Waals surface area contributed by atoms with Crippen molar-refractivity contribution in [1.29, 1.82) is 0 Å². The number of aliphatic imine (C=N–C) groups is 1. The number of nitrogens with one attached hydrogen (secondary N) is 1. The van der Waals surface area contributed by atoms with Gasteiger partial charge in [-0.1, -0.05) is 41.9 Å². The maximum atomic E-state index is 12.6. The molecule has 2 aromatic carbocycles. The minimum Gasteiger partial charge on any atom is -0.367 e. The minimum atomic E-state index is -3.51. The zero-order valence-corrected chi connectivity index (χ0v) is 21.9. The number of halogens is 2. The van der Waals surface area contributed by atoms with E-state index in [1.54, 1.807) is 19.2 Å². The zero-order valence-electron chi connectivity index (χ0n) is 18.0. The fraction of sp³-hybridized carbons (Fsp3) is 0.381. The molecule has 31 heavy (non-hydrogen) atoms. The molecule has 1 aliphatic rings. The minimum absolute atomic E-state index is 0. The number of piperazine rings is 1. The lowest BCUT2D eigenvalue weighted by Crippen LogP contribution is -2.52. The lowest BCUT2D eigenvalue weighted by Gasteiger charge is -2.38. The van der Waals surface area contributed by atoms with Crippen LogP contribution in [0.2, 0.25) is 5.02 Å². The second-order valence-corrected chi connectivity index (χ2v) is 9.75. The number of hydrogen-bond donors (Lipinski definition) is 1. The molecule has 0 bridgehead atoms. The van der Waals surface area contributed by atoms with Crippen LogP contribution in [0.3, 0.4) is 0 Å². The molecular weight excluding hydrogens is 549 g/mol. The Bertz CT molecular complexity index is 1010. The van der Waals surface area contributed by atoms with Gasteiger partial charge in [0.1, 0.15) is 0 Å². The molecule has 170 valence electrons. The largest absolute Gasteiger partial charge is 0.367 e. The van der Waals surface area contributed by atoms with Crippen molar-refractivity contribution < 1.29 is 8.42 Å². The van der Waals surface area contributed by atoms with Gasteiger partial charge in [-0.3, -0.25) is 4.99 Å². The van der Waals surface area contributed by atoms with Crippen molar-refractivity contribution in [3.8, 4) is 0 Å². The van der Waals surface area contributed by atoms with E-state index in [2.05, 4.69) is 20.1 Å². The van der Waals surface area contributed by atoms with Gasteiger partial charge in [0.25, 0.3) is 0 Å². The van der Waals surface area contributed by atoms with Gasteiger partial charge in [0.15, 0.2) is 5.96 Å². The fourth-order valence-electron chi connectivity index (χ4n) is 3.47. The molecule has 1 fully saturated rings. The normalized spacial score (nSPS) is 15.1. The third kappa shape index (κ3) is 6.03. The Morgan fingerprint density at radius 2 is 1.68 bits per heavy atom. The third-order valence-corrected chi connectivity index (χ3v) is 7.39. The van der Waals surface area contributed by atoms with Gasteiger partial charge in [-0.25, -0.2) is 12.7 Å². The first-order chi connectivity index (χ1) is 14.3. The summed E-state index contributed by atoms with van der Waals surface area (Å²) in [6, 6.07) is 14.9. The second-order valence-electron chi connectivity index (χ2n) is 7.22. The molecule has 2 aromatic rings. The standard InChI is InChI=1S/C21H28ClN5O2S.HI/c1-23-21(24-16-17-8-4-7-11-20(17)30(28,29)25(2)3)27-14-12-26(13-15-27)19-10-6-5-9-18(19)22;/h4-11H,12-16H2,1-3H3,(H,23,24);1H. The first kappa shape index (κ1) is 25.7. The van der Waals surface area contributed by atoms with Crippen LogP contribution < -0.4 is 10.2 Å². The molecule has 0 saturated carbocycles. The summed E-state index contributed by atoms with van der Waals surface area (Å²) in [7, 11) is 1.31. The summed E-state index contributed by atoms with van der Waals surface area (Å²) < 4.78 is 26.4. The van der Waals surface area contributed by atoms with Crippen molar-refractivity contribution in [2.24, 2.45) is 4.99 Å². The van der Waals surface area contributed by atoms with Gasteiger partial charge >= 0.3 is 0 Å². The zero-order chi connectivity index (χ0) is 21.7. The topological polar surface area (TPSA) is 68.2 Å². The molecule has 1 aliphatic heterocycles. The van der Waals surface area contributed by atoms with Crippen LogP contribution >= 0.6 is 35.6 Å². The van der Waals surface area contributed by atoms with Crippen LogP contribution in [0.1, 0.15) is 5.56 Å². The third-order valence-electron chi connectivity index (χ3n) is 5.15. The number of guanidine groups is 1. The van der Waals surface area contributed by atoms with Gasteiger partial charge in [0.2, 0.25) is 10.0 Å². The Balaban J connectivity index is 0.00000341. The monoisotopic (exact) mass is 577 g/mol. The number of hydrogen-bond acceptors (Lipinski definition) is 4. The van der Waals surface area contributed by atoms with E-state index in [4.69, 9.17) is 11.6 Å². The van der Waals surface area contributed by atoms with E-state index in [0.29, 0.717) is 17.0 Å². The van der Waals surface area contributed by atoms with Gasteiger partial charge in [-0.05, 0) is 23.8 Å². The van der Waals surface area contributed by atoms with Gasteiger partial charge in [0.05, 0.1) is 15.6 Å². The molecule has 1 saturated heterocycles. The second kappa shape index (κ2) is 11.3. The molecule has 0 spiro atoms. The molecule has 1 heterocycles. The highest BCUT2D eigenvalue weighted by Crippen LogP contribution is 2.26. The van der Waals surface area contributed by atoms with E-state index in [1.165, 1.54) is 18.4 Å². The molecule has 0 amide bonds. The van der Waals surface area contributed by atoms with Crippen LogP contribution in [0.25, 0.3) is 0 Å². The van der Waals surface area contributed by atoms with Crippen LogP contribution in [0.5, 0.6) is 0 Å². The van der Waals surface area contributed by atoms with E-state index in [0.717, 1.165) is 42.8 Å². The van der Waals surface area contributed by atoms with Gasteiger partial charge in [-0.2, -0.15) is 0 Å². The van der Waals surface area contributed by atoms with E-state index < -0.39 is 10.0 Å². The Morgan fingerprint density at radius 1 is 1.06 bits per heavy atom. The first-order valence-corrected chi connectivity index (χ1v) is 11.6. The number of rotatable bonds is 5. The van der Waals surface area contributed by atoms with Crippen molar-refractivity contribution >= 4 is 57.2 Å². The Labute approximate surface area is 207 Å². The van der Waals surface area contributed by atoms with Gasteiger partial charge in [0, 0.05) is 53.9 Å². The molecule has 7 nitrogen and oxygen atoms in total. The Hall–Kier alpha value is -1.56. The highest BCUT2D eigenvalue weighted by Gasteiger charge is 2.23. The fourth-order valence-corrected chi connectivity index (χ4v) is 4.84. The van der Waals surface area contributed by atoms with Crippen molar-refractivity contribution in [2.45, 2.75) is 11.4 Å². The Morgan fingerprint density at radius 3 is 2.29 bits per heavy atom. The van der Waals surface area contributed by atoms with Gasteiger partial charge < -0.3 is 15.1 Å². The van der Waals surface area contributed by atoms with Crippen molar-refractivity contribution in [3.63, 3.8) is 0 Å². The van der Waals surface area contributed by atoms with Gasteiger partial charge in [-0.15, -0.1) is 24.0 Å². The lowest BCUT2D eigenvalue weighted by molar-refractivity contribution is 0.372. The van der Waals surface area contributed by atoms with Crippen LogP contribution in [-0.4, -0.2) is 70.9 Å². The molecule has 0 radical (unpaired) electrons. The van der Waals surface area contributed by atoms with E-state index in [1.807, 2.05) is 36.4 Å². The molecule has 10 heteroatoms. The van der Waals surface area contributed by atoms with Crippen LogP contribution in [-0.2, 0) is 16.6 Å². The summed E-state index contributed by atoms with van der Waals surface area (Å²) in [4.78, 5) is 9.15. The molecule has 0 unspecified atom stereocenters. The molecule has 0 atom stereocenters. The predicted octanol–water partition coefficient (Wildman–Crippen LogP) is 3.11. The quantitative estimate of drug-likeness (QED) is 0.336. The molecular formula is C21H29ClIN5O2S. The van der Waals surface area contributed by atoms with E-state index in [9.17, 15) is 8.42 Å². The summed E-state index contributed by atoms with van der Waals surface area (Å²) in [6.07, 6.45) is 0. The van der Waals surface area contributed by atoms with Crippen molar-refractivity contribution in [3.05, 3.63) is 59.1 Å². The van der Waals surface area contributed by atoms with Crippen molar-refractivity contribution in [1.82, 2.24) is 14.5 Å². The van der Waals surface area contributed by atoms with Crippen molar-refractivity contribution in [2.75, 3.05) is 52.2 Å². The predicted molar refractivity (Wildman–Crippen MR) is 138 cm³/mol. The number of nitrogens with zero attached hydrogens (tertiary/aromatic N) is 4. The molecule has 0 aliphatic carbocycles. The smallest absolute Gasteiger partial charge is 0.242 e. The van der Waals surface area contributed by atoms with E-state index in [-0.39, 0.29) is 24.0 Å². The SMILES string of the molecule is CN=C(NCc1ccccc1S(=O)(=O)N(C)C)N1CCN(c2ccccc2Cl)CC1.I. The van der Waals surface area contributed by atoms with Crippen LogP contribution in [0.15, 0.2) is 58.4 Å². The molecule has 1 N–H and O–H groups in total. The van der Waals surface area contributed by atoms with Crippen LogP contribution in [0, 0.1) is 0 Å². The van der Waals surface area contributed by atoms with Crippen LogP contribution in [0.4, 0.5) is 5.69 Å². The molecule has 0 aromatic heterocycles. The maximum absolute atomic E-state index is 12.6. The first-order valence-electron chi connectivity index (χ1n) is 9.80. The summed E-state index contributed by atoms with van der Waals surface area (Å²) in [5.74, 6) is 0.755. The highest BCUT2D eigenvalue weighted by molar-refractivity contribution is 14.0. The summed E-state index contributed by atoms with van der Waals surface area (Å²) in [6.45, 7) is 3.62. The highest BCUT2D eigenvalue weighted by atomic mass is 127. The summed E-state index contributed by atoms with van der Waals surface area (Å²) >= 11 is 6.33. The number of anilines is 1. The van der Waals surface area contributed by atoms with E-state index >= 15 is 0 Å². The average molecular weight is 578 g/mol. The Kier molecular flexibility index (Phi) is 9.41. The summed E-state index contributed by atoms with van der Waals surface area (Å²) in [5.41, 5.74) is 1.76. The maximum Gasteiger partial charge on any atom is 0.242 e.